The Bertz CT molecular complexity index is 476. The van der Waals surface area contributed by atoms with Crippen LogP contribution in [-0.4, -0.2) is 9.55 Å². The van der Waals surface area contributed by atoms with Crippen molar-refractivity contribution in [3.8, 4) is 0 Å². The van der Waals surface area contributed by atoms with Crippen molar-refractivity contribution in [1.29, 1.82) is 0 Å². The zero-order valence-electron chi connectivity index (χ0n) is 8.65. The predicted octanol–water partition coefficient (Wildman–Crippen LogP) is 4.02. The van der Waals surface area contributed by atoms with Crippen molar-refractivity contribution in [3.63, 3.8) is 0 Å². The van der Waals surface area contributed by atoms with Gasteiger partial charge in [-0.2, -0.15) is 0 Å². The molecule has 0 amide bonds. The fourth-order valence-corrected chi connectivity index (χ4v) is 2.97. The summed E-state index contributed by atoms with van der Waals surface area (Å²) in [6, 6.07) is 5.54. The van der Waals surface area contributed by atoms with Gasteiger partial charge in [0, 0.05) is 35.2 Å². The second-order valence-corrected chi connectivity index (χ2v) is 5.07. The van der Waals surface area contributed by atoms with E-state index in [1.165, 1.54) is 0 Å². The average Bonchev–Trinajstić information content (AvgIpc) is 2.64. The van der Waals surface area contributed by atoms with Crippen molar-refractivity contribution in [2.75, 3.05) is 0 Å². The minimum absolute atomic E-state index is 0.703. The fourth-order valence-electron chi connectivity index (χ4n) is 1.30. The Morgan fingerprint density at radius 2 is 2.00 bits per heavy atom. The molecule has 16 heavy (non-hydrogen) atoms. The number of hydrogen-bond acceptors (Lipinski definition) is 2. The molecule has 0 aliphatic heterocycles. The molecule has 0 aliphatic carbocycles. The summed E-state index contributed by atoms with van der Waals surface area (Å²) in [6.45, 7) is 0. The molecule has 0 spiro atoms. The molecule has 5 heteroatoms. The first kappa shape index (κ1) is 11.8. The third kappa shape index (κ3) is 2.54. The summed E-state index contributed by atoms with van der Waals surface area (Å²) in [6.07, 6.45) is 3.69. The van der Waals surface area contributed by atoms with Gasteiger partial charge in [-0.15, -0.1) is 0 Å². The first-order chi connectivity index (χ1) is 7.68. The number of nitrogens with zero attached hydrogens (tertiary/aromatic N) is 2. The molecular formula is C11H10Cl2N2S. The largest absolute Gasteiger partial charge is 0.329 e. The summed E-state index contributed by atoms with van der Waals surface area (Å²) in [5, 5.41) is 2.36. The second kappa shape index (κ2) is 5.13. The molecular weight excluding hydrogens is 263 g/mol. The van der Waals surface area contributed by atoms with Crippen LogP contribution in [0.5, 0.6) is 0 Å². The van der Waals surface area contributed by atoms with Crippen LogP contribution in [0.3, 0.4) is 0 Å². The van der Waals surface area contributed by atoms with Gasteiger partial charge in [0.05, 0.1) is 0 Å². The third-order valence-corrected chi connectivity index (χ3v) is 3.98. The first-order valence-corrected chi connectivity index (χ1v) is 6.45. The molecule has 0 fully saturated rings. The number of benzene rings is 1. The molecule has 0 saturated heterocycles. The van der Waals surface area contributed by atoms with Gasteiger partial charge in [-0.1, -0.05) is 41.0 Å². The van der Waals surface area contributed by atoms with E-state index in [-0.39, 0.29) is 0 Å². The summed E-state index contributed by atoms with van der Waals surface area (Å²) in [7, 11) is 1.96. The first-order valence-electron chi connectivity index (χ1n) is 4.71. The molecule has 84 valence electrons. The lowest BCUT2D eigenvalue weighted by molar-refractivity contribution is 0.790. The minimum atomic E-state index is 0.703. The summed E-state index contributed by atoms with van der Waals surface area (Å²) in [5.74, 6) is 0.726. The van der Waals surface area contributed by atoms with Crippen LogP contribution in [0.1, 0.15) is 5.56 Å². The van der Waals surface area contributed by atoms with Crippen LogP contribution in [0.2, 0.25) is 10.0 Å². The van der Waals surface area contributed by atoms with Crippen LogP contribution < -0.4 is 0 Å². The standard InChI is InChI=1S/C11H10Cl2N2S/c1-15-6-5-14-11(15)16-7-8-9(12)3-2-4-10(8)13/h2-6H,7H2,1H3. The number of hydrogen-bond donors (Lipinski definition) is 0. The summed E-state index contributed by atoms with van der Waals surface area (Å²) in [5.41, 5.74) is 0.957. The number of aromatic nitrogens is 2. The quantitative estimate of drug-likeness (QED) is 0.786. The zero-order chi connectivity index (χ0) is 11.5. The van der Waals surface area contributed by atoms with E-state index in [2.05, 4.69) is 4.98 Å². The topological polar surface area (TPSA) is 17.8 Å². The number of imidazole rings is 1. The van der Waals surface area contributed by atoms with Crippen LogP contribution in [-0.2, 0) is 12.8 Å². The summed E-state index contributed by atoms with van der Waals surface area (Å²) < 4.78 is 1.97. The lowest BCUT2D eigenvalue weighted by Gasteiger charge is -2.06. The lowest BCUT2D eigenvalue weighted by atomic mass is 10.2. The van der Waals surface area contributed by atoms with Crippen molar-refractivity contribution in [2.45, 2.75) is 10.9 Å². The van der Waals surface area contributed by atoms with Crippen LogP contribution in [0.4, 0.5) is 0 Å². The van der Waals surface area contributed by atoms with Crippen molar-refractivity contribution in [1.82, 2.24) is 9.55 Å². The maximum absolute atomic E-state index is 6.08. The Balaban J connectivity index is 2.14. The molecule has 1 aromatic carbocycles. The van der Waals surface area contributed by atoms with Crippen molar-refractivity contribution >= 4 is 35.0 Å². The van der Waals surface area contributed by atoms with E-state index >= 15 is 0 Å². The van der Waals surface area contributed by atoms with Gasteiger partial charge < -0.3 is 4.57 Å². The smallest absolute Gasteiger partial charge is 0.167 e. The van der Waals surface area contributed by atoms with Gasteiger partial charge in [0.1, 0.15) is 0 Å². The molecule has 2 aromatic rings. The van der Waals surface area contributed by atoms with Gasteiger partial charge in [0.2, 0.25) is 0 Å². The number of halogens is 2. The maximum atomic E-state index is 6.08. The number of thioether (sulfide) groups is 1. The van der Waals surface area contributed by atoms with Gasteiger partial charge in [-0.05, 0) is 17.7 Å². The molecule has 2 nitrogen and oxygen atoms in total. The van der Waals surface area contributed by atoms with Gasteiger partial charge in [-0.3, -0.25) is 0 Å². The van der Waals surface area contributed by atoms with E-state index in [0.29, 0.717) is 10.0 Å². The summed E-state index contributed by atoms with van der Waals surface area (Å²) in [4.78, 5) is 4.23. The molecule has 0 radical (unpaired) electrons. The fraction of sp³-hybridized carbons (Fsp3) is 0.182. The Hall–Kier alpha value is -0.640. The van der Waals surface area contributed by atoms with Crippen LogP contribution in [0, 0.1) is 0 Å². The van der Waals surface area contributed by atoms with E-state index in [4.69, 9.17) is 23.2 Å². The van der Waals surface area contributed by atoms with Gasteiger partial charge >= 0.3 is 0 Å². The predicted molar refractivity (Wildman–Crippen MR) is 69.2 cm³/mol. The average molecular weight is 273 g/mol. The molecule has 0 saturated carbocycles. The van der Waals surface area contributed by atoms with Gasteiger partial charge in [0.25, 0.3) is 0 Å². The van der Waals surface area contributed by atoms with Gasteiger partial charge in [-0.25, -0.2) is 4.98 Å². The van der Waals surface area contributed by atoms with Crippen LogP contribution in [0.25, 0.3) is 0 Å². The highest BCUT2D eigenvalue weighted by molar-refractivity contribution is 7.98. The molecule has 1 heterocycles. The Kier molecular flexibility index (Phi) is 3.79. The van der Waals surface area contributed by atoms with E-state index < -0.39 is 0 Å². The number of rotatable bonds is 3. The Labute approximate surface area is 109 Å². The normalized spacial score (nSPS) is 10.7. The van der Waals surface area contributed by atoms with E-state index in [1.54, 1.807) is 18.0 Å². The number of aryl methyl sites for hydroxylation is 1. The zero-order valence-corrected chi connectivity index (χ0v) is 11.0. The van der Waals surface area contributed by atoms with E-state index in [1.807, 2.05) is 36.0 Å². The molecule has 0 aliphatic rings. The molecule has 0 unspecified atom stereocenters. The monoisotopic (exact) mass is 272 g/mol. The SMILES string of the molecule is Cn1ccnc1SCc1c(Cl)cccc1Cl. The molecule has 1 aromatic heterocycles. The second-order valence-electron chi connectivity index (χ2n) is 3.31. The molecule has 0 bridgehead atoms. The minimum Gasteiger partial charge on any atom is -0.329 e. The van der Waals surface area contributed by atoms with E-state index in [0.717, 1.165) is 16.5 Å². The maximum Gasteiger partial charge on any atom is 0.167 e. The summed E-state index contributed by atoms with van der Waals surface area (Å²) >= 11 is 13.8. The van der Waals surface area contributed by atoms with Crippen LogP contribution in [0.15, 0.2) is 35.7 Å². The molecule has 0 N–H and O–H groups in total. The highest BCUT2D eigenvalue weighted by Gasteiger charge is 2.07. The Morgan fingerprint density at radius 1 is 1.31 bits per heavy atom. The highest BCUT2D eigenvalue weighted by atomic mass is 35.5. The van der Waals surface area contributed by atoms with E-state index in [9.17, 15) is 0 Å². The Morgan fingerprint density at radius 3 is 2.56 bits per heavy atom. The molecule has 2 rings (SSSR count). The highest BCUT2D eigenvalue weighted by Crippen LogP contribution is 2.30. The molecule has 0 atom stereocenters. The van der Waals surface area contributed by atoms with Gasteiger partial charge in [0.15, 0.2) is 5.16 Å². The van der Waals surface area contributed by atoms with Crippen LogP contribution >= 0.6 is 35.0 Å². The van der Waals surface area contributed by atoms with Crippen molar-refractivity contribution in [3.05, 3.63) is 46.2 Å². The van der Waals surface area contributed by atoms with Crippen molar-refractivity contribution in [2.24, 2.45) is 7.05 Å². The van der Waals surface area contributed by atoms with Crippen molar-refractivity contribution < 1.29 is 0 Å². The lowest BCUT2D eigenvalue weighted by Crippen LogP contribution is -1.91. The third-order valence-electron chi connectivity index (χ3n) is 2.18.